The molecule has 0 unspecified atom stereocenters. The van der Waals surface area contributed by atoms with Crippen LogP contribution in [0, 0.1) is 6.92 Å². The molecule has 3 aromatic heterocycles. The number of pyridine rings is 1. The maximum Gasteiger partial charge on any atom is 0.259 e. The third-order valence-electron chi connectivity index (χ3n) is 4.91. The first-order valence-electron chi connectivity index (χ1n) is 9.55. The van der Waals surface area contributed by atoms with E-state index in [0.29, 0.717) is 34.6 Å². The van der Waals surface area contributed by atoms with Crippen LogP contribution in [0.2, 0.25) is 0 Å². The van der Waals surface area contributed by atoms with Crippen LogP contribution in [0.25, 0.3) is 22.4 Å². The van der Waals surface area contributed by atoms with E-state index in [9.17, 15) is 4.79 Å². The summed E-state index contributed by atoms with van der Waals surface area (Å²) in [5, 5.41) is 8.92. The predicted octanol–water partition coefficient (Wildman–Crippen LogP) is 3.98. The summed E-state index contributed by atoms with van der Waals surface area (Å²) in [4.78, 5) is 20.1. The van der Waals surface area contributed by atoms with E-state index in [2.05, 4.69) is 15.2 Å². The highest BCUT2D eigenvalue weighted by atomic mass is 16.5. The zero-order valence-electron chi connectivity index (χ0n) is 17.0. The summed E-state index contributed by atoms with van der Waals surface area (Å²) >= 11 is 0. The number of carbonyl (C=O) groups is 1. The Morgan fingerprint density at radius 1 is 1.24 bits per heavy atom. The van der Waals surface area contributed by atoms with Crippen LogP contribution in [-0.2, 0) is 13.6 Å². The lowest BCUT2D eigenvalue weighted by atomic mass is 10.0. The number of aromatic nitrogens is 4. The van der Waals surface area contributed by atoms with Gasteiger partial charge in [-0.15, -0.1) is 0 Å². The molecule has 4 rings (SSSR count). The van der Waals surface area contributed by atoms with Crippen LogP contribution in [0.1, 0.15) is 35.5 Å². The number of fused-ring (bicyclic) bond motifs is 1. The second-order valence-corrected chi connectivity index (χ2v) is 7.42. The van der Waals surface area contributed by atoms with Gasteiger partial charge in [-0.05, 0) is 26.8 Å². The molecule has 0 aliphatic rings. The zero-order chi connectivity index (χ0) is 20.5. The maximum atomic E-state index is 13.6. The van der Waals surface area contributed by atoms with E-state index in [-0.39, 0.29) is 11.9 Å². The predicted molar refractivity (Wildman–Crippen MR) is 110 cm³/mol. The molecule has 4 aromatic rings. The number of carbonyl (C=O) groups excluding carboxylic acids is 1. The first kappa shape index (κ1) is 18.9. The number of rotatable bonds is 5. The van der Waals surface area contributed by atoms with Gasteiger partial charge < -0.3 is 9.42 Å². The summed E-state index contributed by atoms with van der Waals surface area (Å²) in [7, 11) is 1.87. The minimum atomic E-state index is -0.0836. The standard InChI is InChI=1S/C22H23N5O2/c1-14(2)27(13-16-11-23-26(4)12-16)22(28)18-10-19(17-8-6-5-7-9-17)24-21-20(18)15(3)25-29-21/h5-12,14H,13H2,1-4H3. The van der Waals surface area contributed by atoms with Crippen molar-refractivity contribution < 1.29 is 9.32 Å². The van der Waals surface area contributed by atoms with Gasteiger partial charge in [0, 0.05) is 37.0 Å². The van der Waals surface area contributed by atoms with Crippen LogP contribution >= 0.6 is 0 Å². The van der Waals surface area contributed by atoms with Crippen molar-refractivity contribution in [3.63, 3.8) is 0 Å². The molecule has 0 atom stereocenters. The zero-order valence-corrected chi connectivity index (χ0v) is 17.0. The molecule has 1 amide bonds. The van der Waals surface area contributed by atoms with E-state index >= 15 is 0 Å². The Balaban J connectivity index is 1.81. The molecular formula is C22H23N5O2. The van der Waals surface area contributed by atoms with Crippen LogP contribution in [0.3, 0.4) is 0 Å². The SMILES string of the molecule is Cc1noc2nc(-c3ccccc3)cc(C(=O)N(Cc3cnn(C)c3)C(C)C)c12. The van der Waals surface area contributed by atoms with Crippen LogP contribution in [-0.4, -0.2) is 36.8 Å². The highest BCUT2D eigenvalue weighted by molar-refractivity contribution is 6.07. The Kier molecular flexibility index (Phi) is 4.88. The van der Waals surface area contributed by atoms with Gasteiger partial charge in [0.05, 0.1) is 28.5 Å². The van der Waals surface area contributed by atoms with Gasteiger partial charge in [-0.1, -0.05) is 35.5 Å². The third-order valence-corrected chi connectivity index (χ3v) is 4.91. The van der Waals surface area contributed by atoms with E-state index in [1.165, 1.54) is 0 Å². The molecule has 1 aromatic carbocycles. The Hall–Kier alpha value is -3.48. The molecule has 0 spiro atoms. The van der Waals surface area contributed by atoms with Crippen molar-refractivity contribution in [1.82, 2.24) is 24.8 Å². The fraction of sp³-hybridized carbons (Fsp3) is 0.273. The van der Waals surface area contributed by atoms with Gasteiger partial charge in [0.2, 0.25) is 0 Å². The summed E-state index contributed by atoms with van der Waals surface area (Å²) in [6, 6.07) is 11.6. The molecule has 0 aliphatic heterocycles. The minimum Gasteiger partial charge on any atom is -0.335 e. The van der Waals surface area contributed by atoms with Gasteiger partial charge in [0.25, 0.3) is 11.6 Å². The van der Waals surface area contributed by atoms with Crippen molar-refractivity contribution in [2.24, 2.45) is 7.05 Å². The Morgan fingerprint density at radius 3 is 2.66 bits per heavy atom. The molecule has 0 fully saturated rings. The average Bonchev–Trinajstić information content (AvgIpc) is 3.31. The molecule has 0 saturated carbocycles. The third kappa shape index (κ3) is 3.63. The molecule has 29 heavy (non-hydrogen) atoms. The second kappa shape index (κ2) is 7.50. The molecule has 3 heterocycles. The number of nitrogens with zero attached hydrogens (tertiary/aromatic N) is 5. The molecule has 7 heteroatoms. The van der Waals surface area contributed by atoms with Gasteiger partial charge in [-0.25, -0.2) is 4.98 Å². The number of amides is 1. The molecule has 0 aliphatic carbocycles. The average molecular weight is 389 g/mol. The van der Waals surface area contributed by atoms with Gasteiger partial charge in [-0.3, -0.25) is 9.48 Å². The van der Waals surface area contributed by atoms with E-state index in [1.807, 2.05) is 75.3 Å². The Morgan fingerprint density at radius 2 is 2.00 bits per heavy atom. The molecular weight excluding hydrogens is 366 g/mol. The first-order chi connectivity index (χ1) is 13.9. The lowest BCUT2D eigenvalue weighted by Crippen LogP contribution is -2.36. The van der Waals surface area contributed by atoms with Gasteiger partial charge >= 0.3 is 0 Å². The number of hydrogen-bond donors (Lipinski definition) is 0. The summed E-state index contributed by atoms with van der Waals surface area (Å²) in [6.45, 7) is 6.31. The number of aryl methyl sites for hydroxylation is 2. The van der Waals surface area contributed by atoms with Crippen molar-refractivity contribution in [3.8, 4) is 11.3 Å². The fourth-order valence-electron chi connectivity index (χ4n) is 3.41. The highest BCUT2D eigenvalue weighted by Crippen LogP contribution is 2.28. The highest BCUT2D eigenvalue weighted by Gasteiger charge is 2.25. The van der Waals surface area contributed by atoms with Crippen LogP contribution in [0.15, 0.2) is 53.3 Å². The van der Waals surface area contributed by atoms with Crippen LogP contribution in [0.5, 0.6) is 0 Å². The summed E-state index contributed by atoms with van der Waals surface area (Å²) in [5.41, 5.74) is 4.15. The topological polar surface area (TPSA) is 77.1 Å². The largest absolute Gasteiger partial charge is 0.335 e. The number of hydrogen-bond acceptors (Lipinski definition) is 5. The van der Waals surface area contributed by atoms with Gasteiger partial charge in [0.15, 0.2) is 0 Å². The summed E-state index contributed by atoms with van der Waals surface area (Å²) in [5.74, 6) is -0.0836. The summed E-state index contributed by atoms with van der Waals surface area (Å²) < 4.78 is 7.16. The molecule has 0 saturated heterocycles. The van der Waals surface area contributed by atoms with Crippen molar-refractivity contribution in [2.45, 2.75) is 33.4 Å². The van der Waals surface area contributed by atoms with Gasteiger partial charge in [0.1, 0.15) is 0 Å². The van der Waals surface area contributed by atoms with Crippen molar-refractivity contribution in [2.75, 3.05) is 0 Å². The van der Waals surface area contributed by atoms with E-state index < -0.39 is 0 Å². The fourth-order valence-corrected chi connectivity index (χ4v) is 3.41. The minimum absolute atomic E-state index is 0.00580. The smallest absolute Gasteiger partial charge is 0.259 e. The maximum absolute atomic E-state index is 13.6. The van der Waals surface area contributed by atoms with Crippen molar-refractivity contribution >= 4 is 17.0 Å². The molecule has 0 N–H and O–H groups in total. The molecule has 7 nitrogen and oxygen atoms in total. The van der Waals surface area contributed by atoms with Crippen LogP contribution in [0.4, 0.5) is 0 Å². The molecule has 148 valence electrons. The number of benzene rings is 1. The van der Waals surface area contributed by atoms with Crippen molar-refractivity contribution in [3.05, 3.63) is 65.6 Å². The molecule has 0 bridgehead atoms. The monoisotopic (exact) mass is 389 g/mol. The van der Waals surface area contributed by atoms with Crippen molar-refractivity contribution in [1.29, 1.82) is 0 Å². The second-order valence-electron chi connectivity index (χ2n) is 7.42. The van der Waals surface area contributed by atoms with E-state index in [4.69, 9.17) is 4.52 Å². The lowest BCUT2D eigenvalue weighted by molar-refractivity contribution is 0.0692. The van der Waals surface area contributed by atoms with Gasteiger partial charge in [-0.2, -0.15) is 5.10 Å². The Labute approximate surface area is 168 Å². The van der Waals surface area contributed by atoms with E-state index in [0.717, 1.165) is 11.1 Å². The summed E-state index contributed by atoms with van der Waals surface area (Å²) in [6.07, 6.45) is 3.70. The van der Waals surface area contributed by atoms with Crippen LogP contribution < -0.4 is 0 Å². The lowest BCUT2D eigenvalue weighted by Gasteiger charge is -2.26. The normalized spacial score (nSPS) is 11.3. The quantitative estimate of drug-likeness (QED) is 0.516. The first-order valence-corrected chi connectivity index (χ1v) is 9.55. The molecule has 0 radical (unpaired) electrons. The van der Waals surface area contributed by atoms with E-state index in [1.54, 1.807) is 10.9 Å². The Bertz CT molecular complexity index is 1160.